The first-order valence-electron chi connectivity index (χ1n) is 7.20. The molecule has 1 amide bonds. The van der Waals surface area contributed by atoms with E-state index in [-0.39, 0.29) is 5.91 Å². The molecule has 0 bridgehead atoms. The fourth-order valence-corrected chi connectivity index (χ4v) is 1.97. The van der Waals surface area contributed by atoms with Crippen LogP contribution in [0, 0.1) is 11.3 Å². The van der Waals surface area contributed by atoms with Crippen LogP contribution < -0.4 is 14.8 Å². The van der Waals surface area contributed by atoms with Crippen LogP contribution >= 0.6 is 0 Å². The Morgan fingerprint density at radius 1 is 1.22 bits per heavy atom. The molecule has 0 fully saturated rings. The highest BCUT2D eigenvalue weighted by Crippen LogP contribution is 2.15. The summed E-state index contributed by atoms with van der Waals surface area (Å²) < 4.78 is 10.6. The van der Waals surface area contributed by atoms with Crippen molar-refractivity contribution >= 4 is 5.91 Å². The van der Waals surface area contributed by atoms with Crippen molar-refractivity contribution in [3.05, 3.63) is 59.7 Å². The lowest BCUT2D eigenvalue weighted by atomic mass is 10.2. The molecule has 0 aliphatic rings. The highest BCUT2D eigenvalue weighted by Gasteiger charge is 2.14. The van der Waals surface area contributed by atoms with Crippen molar-refractivity contribution in [2.75, 3.05) is 7.11 Å². The van der Waals surface area contributed by atoms with E-state index in [0.29, 0.717) is 17.9 Å². The fraction of sp³-hybridized carbons (Fsp3) is 0.222. The van der Waals surface area contributed by atoms with Gasteiger partial charge in [0.05, 0.1) is 18.7 Å². The number of nitriles is 1. The van der Waals surface area contributed by atoms with E-state index in [4.69, 9.17) is 14.7 Å². The Balaban J connectivity index is 1.88. The molecular formula is C18H18N2O3. The number of methoxy groups -OCH3 is 1. The molecule has 1 N–H and O–H groups in total. The van der Waals surface area contributed by atoms with Crippen LogP contribution in [0.4, 0.5) is 0 Å². The summed E-state index contributed by atoms with van der Waals surface area (Å²) in [6, 6.07) is 16.2. The van der Waals surface area contributed by atoms with Crippen LogP contribution in [-0.4, -0.2) is 19.1 Å². The molecule has 1 atom stereocenters. The molecule has 5 heteroatoms. The quantitative estimate of drug-likeness (QED) is 0.890. The highest BCUT2D eigenvalue weighted by molar-refractivity contribution is 5.80. The second kappa shape index (κ2) is 7.85. The lowest BCUT2D eigenvalue weighted by Gasteiger charge is -2.15. The number of ether oxygens (including phenoxy) is 2. The Bertz CT molecular complexity index is 705. The summed E-state index contributed by atoms with van der Waals surface area (Å²) in [5.74, 6) is 1.05. The molecule has 2 rings (SSSR count). The summed E-state index contributed by atoms with van der Waals surface area (Å²) in [4.78, 5) is 12.1. The predicted molar refractivity (Wildman–Crippen MR) is 86.1 cm³/mol. The predicted octanol–water partition coefficient (Wildman–Crippen LogP) is 2.65. The van der Waals surface area contributed by atoms with Crippen LogP contribution in [0.15, 0.2) is 48.5 Å². The molecule has 2 aromatic rings. The lowest BCUT2D eigenvalue weighted by Crippen LogP contribution is -2.35. The number of nitrogens with zero attached hydrogens (tertiary/aromatic N) is 1. The summed E-state index contributed by atoms with van der Waals surface area (Å²) >= 11 is 0. The Kier molecular flexibility index (Phi) is 5.59. The second-order valence-corrected chi connectivity index (χ2v) is 4.97. The molecule has 0 aromatic heterocycles. The number of hydrogen-bond acceptors (Lipinski definition) is 4. The first-order chi connectivity index (χ1) is 11.1. The van der Waals surface area contributed by atoms with E-state index >= 15 is 0 Å². The maximum atomic E-state index is 12.1. The summed E-state index contributed by atoms with van der Waals surface area (Å²) in [7, 11) is 1.61. The van der Waals surface area contributed by atoms with E-state index in [0.717, 1.165) is 11.3 Å². The van der Waals surface area contributed by atoms with Crippen molar-refractivity contribution in [1.29, 1.82) is 5.26 Å². The molecule has 0 saturated heterocycles. The van der Waals surface area contributed by atoms with Crippen LogP contribution in [0.2, 0.25) is 0 Å². The van der Waals surface area contributed by atoms with Crippen molar-refractivity contribution in [1.82, 2.24) is 5.32 Å². The molecule has 5 nitrogen and oxygen atoms in total. The molecule has 0 saturated carbocycles. The van der Waals surface area contributed by atoms with Crippen LogP contribution in [0.3, 0.4) is 0 Å². The van der Waals surface area contributed by atoms with Gasteiger partial charge in [-0.25, -0.2) is 0 Å². The summed E-state index contributed by atoms with van der Waals surface area (Å²) in [5, 5.41) is 11.7. The van der Waals surface area contributed by atoms with E-state index in [1.165, 1.54) is 0 Å². The van der Waals surface area contributed by atoms with E-state index < -0.39 is 6.10 Å². The van der Waals surface area contributed by atoms with Gasteiger partial charge in [0.2, 0.25) is 0 Å². The summed E-state index contributed by atoms with van der Waals surface area (Å²) in [6.45, 7) is 2.08. The number of nitrogens with one attached hydrogen (secondary N) is 1. The topological polar surface area (TPSA) is 71.3 Å². The van der Waals surface area contributed by atoms with Crippen molar-refractivity contribution in [2.24, 2.45) is 0 Å². The monoisotopic (exact) mass is 310 g/mol. The van der Waals surface area contributed by atoms with Gasteiger partial charge < -0.3 is 14.8 Å². The van der Waals surface area contributed by atoms with Gasteiger partial charge in [0.1, 0.15) is 11.5 Å². The van der Waals surface area contributed by atoms with E-state index in [1.807, 2.05) is 30.3 Å². The Morgan fingerprint density at radius 3 is 2.61 bits per heavy atom. The third-order valence-corrected chi connectivity index (χ3v) is 3.27. The Labute approximate surface area is 135 Å². The van der Waals surface area contributed by atoms with Crippen molar-refractivity contribution in [2.45, 2.75) is 19.6 Å². The third kappa shape index (κ3) is 4.75. The number of hydrogen-bond donors (Lipinski definition) is 1. The average Bonchev–Trinajstić information content (AvgIpc) is 2.60. The SMILES string of the molecule is COc1ccc(CNC(=O)[C@H](C)Oc2cccc(C#N)c2)cc1. The molecule has 23 heavy (non-hydrogen) atoms. The number of rotatable bonds is 6. The molecule has 0 aliphatic carbocycles. The fourth-order valence-electron chi connectivity index (χ4n) is 1.97. The number of carbonyl (C=O) groups excluding carboxylic acids is 1. The third-order valence-electron chi connectivity index (χ3n) is 3.27. The molecule has 0 aliphatic heterocycles. The van der Waals surface area contributed by atoms with Gasteiger partial charge in [-0.1, -0.05) is 18.2 Å². The van der Waals surface area contributed by atoms with Gasteiger partial charge in [0.25, 0.3) is 5.91 Å². The van der Waals surface area contributed by atoms with Crippen molar-refractivity contribution in [3.63, 3.8) is 0 Å². The minimum Gasteiger partial charge on any atom is -0.497 e. The maximum Gasteiger partial charge on any atom is 0.261 e. The zero-order valence-corrected chi connectivity index (χ0v) is 13.1. The molecule has 2 aromatic carbocycles. The van der Waals surface area contributed by atoms with E-state index in [2.05, 4.69) is 5.32 Å². The van der Waals surface area contributed by atoms with Crippen LogP contribution in [0.25, 0.3) is 0 Å². The molecule has 0 spiro atoms. The zero-order valence-electron chi connectivity index (χ0n) is 13.1. The van der Waals surface area contributed by atoms with Gasteiger partial charge >= 0.3 is 0 Å². The van der Waals surface area contributed by atoms with Crippen LogP contribution in [0.5, 0.6) is 11.5 Å². The first-order valence-corrected chi connectivity index (χ1v) is 7.20. The second-order valence-electron chi connectivity index (χ2n) is 4.97. The summed E-state index contributed by atoms with van der Waals surface area (Å²) in [6.07, 6.45) is -0.651. The normalized spacial score (nSPS) is 11.2. The van der Waals surface area contributed by atoms with Gasteiger partial charge in [-0.15, -0.1) is 0 Å². The highest BCUT2D eigenvalue weighted by atomic mass is 16.5. The van der Waals surface area contributed by atoms with E-state index in [1.54, 1.807) is 38.3 Å². The number of benzene rings is 2. The number of carbonyl (C=O) groups is 1. The average molecular weight is 310 g/mol. The molecule has 118 valence electrons. The molecule has 0 unspecified atom stereocenters. The zero-order chi connectivity index (χ0) is 16.7. The minimum absolute atomic E-state index is 0.219. The minimum atomic E-state index is -0.651. The smallest absolute Gasteiger partial charge is 0.261 e. The van der Waals surface area contributed by atoms with Crippen molar-refractivity contribution < 1.29 is 14.3 Å². The summed E-state index contributed by atoms with van der Waals surface area (Å²) in [5.41, 5.74) is 1.46. The van der Waals surface area contributed by atoms with Gasteiger partial charge in [0, 0.05) is 6.54 Å². The Hall–Kier alpha value is -3.00. The lowest BCUT2D eigenvalue weighted by molar-refractivity contribution is -0.127. The molecule has 0 radical (unpaired) electrons. The largest absolute Gasteiger partial charge is 0.497 e. The Morgan fingerprint density at radius 2 is 1.96 bits per heavy atom. The van der Waals surface area contributed by atoms with E-state index in [9.17, 15) is 4.79 Å². The van der Waals surface area contributed by atoms with Gasteiger partial charge in [0.15, 0.2) is 6.10 Å². The van der Waals surface area contributed by atoms with Gasteiger partial charge in [-0.3, -0.25) is 4.79 Å². The first kappa shape index (κ1) is 16.4. The maximum absolute atomic E-state index is 12.1. The molecule has 0 heterocycles. The van der Waals surface area contributed by atoms with Crippen molar-refractivity contribution in [3.8, 4) is 17.6 Å². The molecular weight excluding hydrogens is 292 g/mol. The van der Waals surface area contributed by atoms with Crippen LogP contribution in [0.1, 0.15) is 18.1 Å². The number of amides is 1. The standard InChI is InChI=1S/C18H18N2O3/c1-13(23-17-5-3-4-15(10-17)11-19)18(21)20-12-14-6-8-16(22-2)9-7-14/h3-10,13H,12H2,1-2H3,(H,20,21)/t13-/m0/s1. The van der Waals surface area contributed by atoms with Crippen LogP contribution in [-0.2, 0) is 11.3 Å². The van der Waals surface area contributed by atoms with Gasteiger partial charge in [-0.05, 0) is 42.8 Å². The van der Waals surface area contributed by atoms with Gasteiger partial charge in [-0.2, -0.15) is 5.26 Å².